The molecular formula is C11H12ClFN2O. The van der Waals surface area contributed by atoms with Gasteiger partial charge in [-0.3, -0.25) is 0 Å². The van der Waals surface area contributed by atoms with Crippen LogP contribution in [0.25, 0.3) is 11.1 Å². The van der Waals surface area contributed by atoms with Gasteiger partial charge < -0.3 is 9.73 Å². The lowest BCUT2D eigenvalue weighted by Gasteiger charge is -1.96. The Morgan fingerprint density at radius 1 is 1.50 bits per heavy atom. The van der Waals surface area contributed by atoms with Crippen LogP contribution in [0.1, 0.15) is 12.8 Å². The number of benzene rings is 1. The molecule has 0 saturated carbocycles. The fourth-order valence-electron chi connectivity index (χ4n) is 1.48. The number of rotatable bonds is 4. The molecule has 1 aromatic heterocycles. The molecule has 1 N–H and O–H groups in total. The van der Waals surface area contributed by atoms with Gasteiger partial charge in [-0.2, -0.15) is 0 Å². The Balaban J connectivity index is 2.26. The first-order valence-corrected chi connectivity index (χ1v) is 5.53. The van der Waals surface area contributed by atoms with E-state index in [9.17, 15) is 4.39 Å². The maximum absolute atomic E-state index is 13.0. The van der Waals surface area contributed by atoms with Gasteiger partial charge in [-0.05, 0) is 12.6 Å². The van der Waals surface area contributed by atoms with Crippen LogP contribution in [0.5, 0.6) is 0 Å². The zero-order valence-corrected chi connectivity index (χ0v) is 9.64. The number of nitrogens with zero attached hydrogens (tertiary/aromatic N) is 1. The highest BCUT2D eigenvalue weighted by Crippen LogP contribution is 2.25. The number of hydrogen-bond donors (Lipinski definition) is 1. The zero-order valence-electron chi connectivity index (χ0n) is 8.89. The summed E-state index contributed by atoms with van der Waals surface area (Å²) in [6.07, 6.45) is 0.667. The van der Waals surface area contributed by atoms with Crippen molar-refractivity contribution in [2.24, 2.45) is 0 Å². The van der Waals surface area contributed by atoms with Crippen molar-refractivity contribution < 1.29 is 8.81 Å². The Morgan fingerprint density at radius 2 is 2.31 bits per heavy atom. The zero-order chi connectivity index (χ0) is 11.5. The van der Waals surface area contributed by atoms with Crippen molar-refractivity contribution in [1.29, 1.82) is 0 Å². The normalized spacial score (nSPS) is 11.2. The molecule has 2 rings (SSSR count). The Morgan fingerprint density at radius 3 is 3.06 bits per heavy atom. The summed E-state index contributed by atoms with van der Waals surface area (Å²) >= 11 is 5.85. The van der Waals surface area contributed by atoms with Gasteiger partial charge in [0.2, 0.25) is 0 Å². The van der Waals surface area contributed by atoms with Crippen LogP contribution < -0.4 is 5.32 Å². The highest BCUT2D eigenvalue weighted by atomic mass is 35.5. The quantitative estimate of drug-likeness (QED) is 0.838. The van der Waals surface area contributed by atoms with E-state index in [0.717, 1.165) is 13.1 Å². The molecule has 0 amide bonds. The minimum Gasteiger partial charge on any atom is -0.439 e. The van der Waals surface area contributed by atoms with Crippen LogP contribution in [-0.4, -0.2) is 18.1 Å². The molecule has 16 heavy (non-hydrogen) atoms. The average Bonchev–Trinajstić information content (AvgIpc) is 2.61. The Kier molecular flexibility index (Phi) is 3.41. The second kappa shape index (κ2) is 4.80. The third-order valence-electron chi connectivity index (χ3n) is 2.22. The van der Waals surface area contributed by atoms with Gasteiger partial charge in [0.15, 0.2) is 11.5 Å². The summed E-state index contributed by atoms with van der Waals surface area (Å²) in [5.41, 5.74) is 0.922. The highest BCUT2D eigenvalue weighted by molar-refractivity contribution is 6.34. The summed E-state index contributed by atoms with van der Waals surface area (Å²) in [5.74, 6) is 0.174. The van der Waals surface area contributed by atoms with E-state index in [2.05, 4.69) is 10.3 Å². The predicted octanol–water partition coefficient (Wildman–Crippen LogP) is 2.77. The van der Waals surface area contributed by atoms with Gasteiger partial charge in [0.1, 0.15) is 11.3 Å². The number of hydrogen-bond acceptors (Lipinski definition) is 3. The van der Waals surface area contributed by atoms with Crippen LogP contribution >= 0.6 is 11.6 Å². The van der Waals surface area contributed by atoms with Crippen molar-refractivity contribution in [3.05, 3.63) is 28.9 Å². The summed E-state index contributed by atoms with van der Waals surface area (Å²) in [6, 6.07) is 2.55. The second-order valence-electron chi connectivity index (χ2n) is 3.45. The van der Waals surface area contributed by atoms with Crippen LogP contribution in [0.15, 0.2) is 16.5 Å². The molecule has 3 nitrogen and oxygen atoms in total. The van der Waals surface area contributed by atoms with E-state index >= 15 is 0 Å². The molecule has 1 aromatic carbocycles. The van der Waals surface area contributed by atoms with E-state index in [1.54, 1.807) is 0 Å². The van der Waals surface area contributed by atoms with Crippen LogP contribution in [0.4, 0.5) is 4.39 Å². The maximum Gasteiger partial charge on any atom is 0.196 e. The highest BCUT2D eigenvalue weighted by Gasteiger charge is 2.10. The van der Waals surface area contributed by atoms with Crippen LogP contribution in [0.3, 0.4) is 0 Å². The molecule has 0 aliphatic heterocycles. The van der Waals surface area contributed by atoms with E-state index in [1.807, 2.05) is 6.92 Å². The van der Waals surface area contributed by atoms with Crippen LogP contribution in [-0.2, 0) is 6.42 Å². The van der Waals surface area contributed by atoms with E-state index in [4.69, 9.17) is 16.0 Å². The fraction of sp³-hybridized carbons (Fsp3) is 0.364. The summed E-state index contributed by atoms with van der Waals surface area (Å²) in [6.45, 7) is 3.71. The van der Waals surface area contributed by atoms with E-state index in [-0.39, 0.29) is 5.02 Å². The Hall–Kier alpha value is -1.13. The number of likely N-dealkylation sites (N-methyl/N-ethyl adjacent to an activating group) is 1. The topological polar surface area (TPSA) is 38.1 Å². The first-order valence-electron chi connectivity index (χ1n) is 5.16. The molecule has 0 aliphatic carbocycles. The standard InChI is InChI=1S/C11H12ClFN2O/c1-2-14-4-3-10-15-9-6-7(13)5-8(12)11(9)16-10/h5-6,14H,2-4H2,1H3. The van der Waals surface area contributed by atoms with Gasteiger partial charge >= 0.3 is 0 Å². The molecule has 0 radical (unpaired) electrons. The molecule has 1 heterocycles. The molecule has 0 unspecified atom stereocenters. The fourth-order valence-corrected chi connectivity index (χ4v) is 1.72. The third-order valence-corrected chi connectivity index (χ3v) is 2.50. The maximum atomic E-state index is 13.0. The van der Waals surface area contributed by atoms with Crippen LogP contribution in [0, 0.1) is 5.82 Å². The Labute approximate surface area is 97.6 Å². The third kappa shape index (κ3) is 2.33. The van der Waals surface area contributed by atoms with Crippen molar-refractivity contribution in [3.8, 4) is 0 Å². The number of fused-ring (bicyclic) bond motifs is 1. The Bertz CT molecular complexity index is 498. The monoisotopic (exact) mass is 242 g/mol. The summed E-state index contributed by atoms with van der Waals surface area (Å²) in [7, 11) is 0. The van der Waals surface area contributed by atoms with Gasteiger partial charge in [-0.15, -0.1) is 0 Å². The van der Waals surface area contributed by atoms with Gasteiger partial charge in [0.05, 0.1) is 5.02 Å². The summed E-state index contributed by atoms with van der Waals surface area (Å²) < 4.78 is 18.5. The number of halogens is 2. The molecule has 0 spiro atoms. The minimum atomic E-state index is -0.399. The van der Waals surface area contributed by atoms with Gasteiger partial charge in [0.25, 0.3) is 0 Å². The number of aromatic nitrogens is 1. The first-order chi connectivity index (χ1) is 7.70. The van der Waals surface area contributed by atoms with Crippen molar-refractivity contribution in [1.82, 2.24) is 10.3 Å². The molecule has 0 aliphatic rings. The molecule has 5 heteroatoms. The van der Waals surface area contributed by atoms with Crippen molar-refractivity contribution in [2.45, 2.75) is 13.3 Å². The first kappa shape index (κ1) is 11.4. The number of nitrogens with one attached hydrogen (secondary N) is 1. The predicted molar refractivity (Wildman–Crippen MR) is 61.2 cm³/mol. The van der Waals surface area contributed by atoms with Gasteiger partial charge in [-0.25, -0.2) is 9.37 Å². The lowest BCUT2D eigenvalue weighted by molar-refractivity contribution is 0.517. The largest absolute Gasteiger partial charge is 0.439 e. The van der Waals surface area contributed by atoms with E-state index in [1.165, 1.54) is 12.1 Å². The summed E-state index contributed by atoms with van der Waals surface area (Å²) in [5, 5.41) is 3.42. The molecule has 2 aromatic rings. The molecule has 86 valence electrons. The smallest absolute Gasteiger partial charge is 0.196 e. The van der Waals surface area contributed by atoms with Crippen molar-refractivity contribution in [3.63, 3.8) is 0 Å². The van der Waals surface area contributed by atoms with E-state index < -0.39 is 5.82 Å². The molecule has 0 fully saturated rings. The lowest BCUT2D eigenvalue weighted by Crippen LogP contribution is -2.16. The average molecular weight is 243 g/mol. The van der Waals surface area contributed by atoms with E-state index in [0.29, 0.717) is 23.4 Å². The lowest BCUT2D eigenvalue weighted by atomic mass is 10.3. The molecule has 0 bridgehead atoms. The second-order valence-corrected chi connectivity index (χ2v) is 3.85. The van der Waals surface area contributed by atoms with Crippen molar-refractivity contribution >= 4 is 22.7 Å². The summed E-state index contributed by atoms with van der Waals surface area (Å²) in [4.78, 5) is 4.18. The van der Waals surface area contributed by atoms with Crippen molar-refractivity contribution in [2.75, 3.05) is 13.1 Å². The van der Waals surface area contributed by atoms with Gasteiger partial charge in [-0.1, -0.05) is 18.5 Å². The SMILES string of the molecule is CCNCCc1nc2cc(F)cc(Cl)c2o1. The van der Waals surface area contributed by atoms with Crippen LogP contribution in [0.2, 0.25) is 5.02 Å². The number of oxazole rings is 1. The molecular weight excluding hydrogens is 231 g/mol. The molecule has 0 saturated heterocycles. The molecule has 0 atom stereocenters. The van der Waals surface area contributed by atoms with Gasteiger partial charge in [0, 0.05) is 19.0 Å². The minimum absolute atomic E-state index is 0.261.